The molecule has 0 unspecified atom stereocenters. The van der Waals surface area contributed by atoms with Crippen molar-refractivity contribution in [1.29, 1.82) is 0 Å². The number of carbonyl (C=O) groups is 2. The van der Waals surface area contributed by atoms with Crippen LogP contribution in [0.1, 0.15) is 38.3 Å². The molecule has 156 valence electrons. The molecule has 2 aromatic rings. The number of nitrogens with one attached hydrogen (secondary N) is 1. The smallest absolute Gasteiger partial charge is 0.242 e. The van der Waals surface area contributed by atoms with Crippen LogP contribution >= 0.6 is 23.4 Å². The van der Waals surface area contributed by atoms with Crippen LogP contribution in [-0.4, -0.2) is 34.6 Å². The fourth-order valence-electron chi connectivity index (χ4n) is 2.81. The number of hydrogen-bond acceptors (Lipinski definition) is 3. The molecule has 0 aliphatic heterocycles. The molecule has 0 aliphatic carbocycles. The Hall–Kier alpha value is -1.98. The average Bonchev–Trinajstić information content (AvgIpc) is 2.68. The van der Waals surface area contributed by atoms with Gasteiger partial charge in [0.1, 0.15) is 6.04 Å². The Morgan fingerprint density at radius 1 is 1.03 bits per heavy atom. The molecule has 0 radical (unpaired) electrons. The summed E-state index contributed by atoms with van der Waals surface area (Å²) in [6.45, 7) is 8.02. The summed E-state index contributed by atoms with van der Waals surface area (Å²) < 4.78 is 0. The second-order valence-corrected chi connectivity index (χ2v) is 9.00. The van der Waals surface area contributed by atoms with E-state index in [1.807, 2.05) is 26.0 Å². The van der Waals surface area contributed by atoms with Crippen LogP contribution in [0.4, 0.5) is 0 Å². The summed E-state index contributed by atoms with van der Waals surface area (Å²) in [5.74, 6) is 0.483. The second kappa shape index (κ2) is 11.3. The number of hydrogen-bond donors (Lipinski definition) is 1. The van der Waals surface area contributed by atoms with Crippen LogP contribution in [-0.2, 0) is 16.1 Å². The summed E-state index contributed by atoms with van der Waals surface area (Å²) in [5.41, 5.74) is 2.16. The Kier molecular flexibility index (Phi) is 9.05. The van der Waals surface area contributed by atoms with Crippen LogP contribution in [0, 0.1) is 6.92 Å². The predicted molar refractivity (Wildman–Crippen MR) is 121 cm³/mol. The van der Waals surface area contributed by atoms with Crippen molar-refractivity contribution in [2.75, 3.05) is 5.75 Å². The molecular formula is C23H29ClN2O2S. The lowest BCUT2D eigenvalue weighted by atomic mass is 10.1. The SMILES string of the molecule is Cc1ccc(SCCC(=O)N(Cc2ccc(Cl)cc2)[C@@H](C)C(=O)NC(C)C)cc1. The Labute approximate surface area is 183 Å². The molecule has 0 spiro atoms. The molecule has 1 atom stereocenters. The van der Waals surface area contributed by atoms with Crippen molar-refractivity contribution in [1.82, 2.24) is 10.2 Å². The van der Waals surface area contributed by atoms with E-state index in [2.05, 4.69) is 36.5 Å². The van der Waals surface area contributed by atoms with Crippen molar-refractivity contribution in [2.24, 2.45) is 0 Å². The summed E-state index contributed by atoms with van der Waals surface area (Å²) in [6, 6.07) is 15.1. The van der Waals surface area contributed by atoms with Gasteiger partial charge in [-0.25, -0.2) is 0 Å². The van der Waals surface area contributed by atoms with Gasteiger partial charge in [-0.15, -0.1) is 11.8 Å². The molecule has 0 saturated carbocycles. The maximum Gasteiger partial charge on any atom is 0.242 e. The molecule has 0 aromatic heterocycles. The summed E-state index contributed by atoms with van der Waals surface area (Å²) >= 11 is 7.62. The molecule has 29 heavy (non-hydrogen) atoms. The van der Waals surface area contributed by atoms with Gasteiger partial charge in [0.05, 0.1) is 0 Å². The predicted octanol–water partition coefficient (Wildman–Crippen LogP) is 5.07. The van der Waals surface area contributed by atoms with E-state index >= 15 is 0 Å². The number of thioether (sulfide) groups is 1. The molecule has 0 heterocycles. The van der Waals surface area contributed by atoms with Gasteiger partial charge in [0, 0.05) is 34.7 Å². The zero-order valence-corrected chi connectivity index (χ0v) is 19.0. The van der Waals surface area contributed by atoms with Crippen molar-refractivity contribution < 1.29 is 9.59 Å². The molecular weight excluding hydrogens is 404 g/mol. The number of aryl methyl sites for hydroxylation is 1. The van der Waals surface area contributed by atoms with Crippen LogP contribution in [0.25, 0.3) is 0 Å². The van der Waals surface area contributed by atoms with Gasteiger partial charge >= 0.3 is 0 Å². The van der Waals surface area contributed by atoms with Gasteiger partial charge < -0.3 is 10.2 Å². The molecule has 2 aromatic carbocycles. The molecule has 1 N–H and O–H groups in total. The third-order valence-corrected chi connectivity index (χ3v) is 5.74. The fraction of sp³-hybridized carbons (Fsp3) is 0.391. The minimum atomic E-state index is -0.551. The van der Waals surface area contributed by atoms with E-state index in [0.29, 0.717) is 23.7 Å². The van der Waals surface area contributed by atoms with Gasteiger partial charge in [-0.05, 0) is 57.5 Å². The first-order valence-electron chi connectivity index (χ1n) is 9.80. The molecule has 2 rings (SSSR count). The van der Waals surface area contributed by atoms with Crippen LogP contribution in [0.5, 0.6) is 0 Å². The van der Waals surface area contributed by atoms with Gasteiger partial charge in [0.25, 0.3) is 0 Å². The van der Waals surface area contributed by atoms with Crippen molar-refractivity contribution in [2.45, 2.75) is 57.6 Å². The topological polar surface area (TPSA) is 49.4 Å². The Bertz CT molecular complexity index is 807. The molecule has 0 saturated heterocycles. The zero-order chi connectivity index (χ0) is 21.4. The summed E-state index contributed by atoms with van der Waals surface area (Å²) in [5, 5.41) is 3.55. The second-order valence-electron chi connectivity index (χ2n) is 7.40. The van der Waals surface area contributed by atoms with E-state index in [1.165, 1.54) is 5.56 Å². The van der Waals surface area contributed by atoms with E-state index < -0.39 is 6.04 Å². The largest absolute Gasteiger partial charge is 0.352 e. The number of rotatable bonds is 9. The number of nitrogens with zero attached hydrogens (tertiary/aromatic N) is 1. The third kappa shape index (κ3) is 7.75. The number of carbonyl (C=O) groups excluding carboxylic acids is 2. The first-order chi connectivity index (χ1) is 13.8. The Balaban J connectivity index is 2.05. The van der Waals surface area contributed by atoms with Crippen LogP contribution in [0.2, 0.25) is 5.02 Å². The molecule has 4 nitrogen and oxygen atoms in total. The fourth-order valence-corrected chi connectivity index (χ4v) is 3.78. The van der Waals surface area contributed by atoms with Gasteiger partial charge in [-0.3, -0.25) is 9.59 Å². The number of amides is 2. The van der Waals surface area contributed by atoms with E-state index in [1.54, 1.807) is 35.7 Å². The van der Waals surface area contributed by atoms with Crippen molar-refractivity contribution in [3.05, 3.63) is 64.7 Å². The van der Waals surface area contributed by atoms with Crippen LogP contribution in [0.3, 0.4) is 0 Å². The van der Waals surface area contributed by atoms with E-state index in [-0.39, 0.29) is 17.9 Å². The summed E-state index contributed by atoms with van der Waals surface area (Å²) in [6.07, 6.45) is 0.366. The summed E-state index contributed by atoms with van der Waals surface area (Å²) in [7, 11) is 0. The average molecular weight is 433 g/mol. The first-order valence-corrected chi connectivity index (χ1v) is 11.2. The number of halogens is 1. The van der Waals surface area contributed by atoms with E-state index in [0.717, 1.165) is 10.5 Å². The van der Waals surface area contributed by atoms with Gasteiger partial charge in [-0.2, -0.15) is 0 Å². The van der Waals surface area contributed by atoms with Crippen LogP contribution in [0.15, 0.2) is 53.4 Å². The normalized spacial score (nSPS) is 11.9. The maximum atomic E-state index is 13.0. The lowest BCUT2D eigenvalue weighted by Gasteiger charge is -2.29. The maximum absolute atomic E-state index is 13.0. The third-order valence-electron chi connectivity index (χ3n) is 4.47. The summed E-state index contributed by atoms with van der Waals surface area (Å²) in [4.78, 5) is 28.3. The van der Waals surface area contributed by atoms with Gasteiger partial charge in [0.2, 0.25) is 11.8 Å². The highest BCUT2D eigenvalue weighted by molar-refractivity contribution is 7.99. The van der Waals surface area contributed by atoms with Crippen molar-refractivity contribution in [3.8, 4) is 0 Å². The van der Waals surface area contributed by atoms with Crippen LogP contribution < -0.4 is 5.32 Å². The minimum absolute atomic E-state index is 0.0227. The standard InChI is InChI=1S/C23H29ClN2O2S/c1-16(2)25-23(28)18(4)26(15-19-7-9-20(24)10-8-19)22(27)13-14-29-21-11-5-17(3)6-12-21/h5-12,16,18H,13-15H2,1-4H3,(H,25,28)/t18-/m0/s1. The highest BCUT2D eigenvalue weighted by Gasteiger charge is 2.26. The first kappa shape index (κ1) is 23.3. The van der Waals surface area contributed by atoms with E-state index in [4.69, 9.17) is 11.6 Å². The Morgan fingerprint density at radius 3 is 2.24 bits per heavy atom. The quantitative estimate of drug-likeness (QED) is 0.562. The number of benzene rings is 2. The Morgan fingerprint density at radius 2 is 1.66 bits per heavy atom. The zero-order valence-electron chi connectivity index (χ0n) is 17.4. The molecule has 0 aliphatic rings. The highest BCUT2D eigenvalue weighted by Crippen LogP contribution is 2.21. The highest BCUT2D eigenvalue weighted by atomic mass is 35.5. The van der Waals surface area contributed by atoms with Gasteiger partial charge in [0.15, 0.2) is 0 Å². The van der Waals surface area contributed by atoms with Crippen molar-refractivity contribution in [3.63, 3.8) is 0 Å². The molecule has 6 heteroatoms. The van der Waals surface area contributed by atoms with Gasteiger partial charge in [-0.1, -0.05) is 41.4 Å². The molecule has 0 bridgehead atoms. The van der Waals surface area contributed by atoms with E-state index in [9.17, 15) is 9.59 Å². The minimum Gasteiger partial charge on any atom is -0.352 e. The lowest BCUT2D eigenvalue weighted by molar-refractivity contribution is -0.140. The lowest BCUT2D eigenvalue weighted by Crippen LogP contribution is -2.49. The molecule has 0 fully saturated rings. The van der Waals surface area contributed by atoms with Crippen molar-refractivity contribution >= 4 is 35.2 Å². The molecule has 2 amide bonds. The monoisotopic (exact) mass is 432 g/mol.